The van der Waals surface area contributed by atoms with E-state index in [1.54, 1.807) is 6.33 Å². The molecule has 0 aromatic carbocycles. The summed E-state index contributed by atoms with van der Waals surface area (Å²) in [6, 6.07) is 0.396. The normalized spacial score (nSPS) is 19.4. The van der Waals surface area contributed by atoms with Gasteiger partial charge >= 0.3 is 6.01 Å². The lowest BCUT2D eigenvalue weighted by molar-refractivity contribution is -0.0298. The Labute approximate surface area is 142 Å². The monoisotopic (exact) mass is 333 g/mol. The van der Waals surface area contributed by atoms with E-state index in [9.17, 15) is 0 Å². The van der Waals surface area contributed by atoms with E-state index in [1.165, 1.54) is 0 Å². The quantitative estimate of drug-likeness (QED) is 0.835. The predicted octanol–water partition coefficient (Wildman–Crippen LogP) is 3.52. The van der Waals surface area contributed by atoms with Crippen molar-refractivity contribution >= 4 is 17.0 Å². The molecule has 1 aliphatic heterocycles. The van der Waals surface area contributed by atoms with Gasteiger partial charge in [0.15, 0.2) is 17.0 Å². The van der Waals surface area contributed by atoms with Crippen molar-refractivity contribution in [2.75, 3.05) is 19.0 Å². The Morgan fingerprint density at radius 2 is 2.29 bits per heavy atom. The van der Waals surface area contributed by atoms with Gasteiger partial charge in [0.05, 0.1) is 12.4 Å². The maximum Gasteiger partial charge on any atom is 0.320 e. The second-order valence-corrected chi connectivity index (χ2v) is 6.32. The first-order valence-electron chi connectivity index (χ1n) is 8.93. The van der Waals surface area contributed by atoms with Gasteiger partial charge in [-0.05, 0) is 32.6 Å². The molecule has 7 heteroatoms. The summed E-state index contributed by atoms with van der Waals surface area (Å²) in [6.07, 6.45) is 8.42. The highest BCUT2D eigenvalue weighted by atomic mass is 16.5. The lowest BCUT2D eigenvalue weighted by atomic mass is 10.2. The van der Waals surface area contributed by atoms with E-state index in [1.807, 2.05) is 11.6 Å². The highest BCUT2D eigenvalue weighted by molar-refractivity contribution is 5.83. The third kappa shape index (κ3) is 3.61. The molecule has 2 aromatic rings. The van der Waals surface area contributed by atoms with Crippen LogP contribution in [-0.4, -0.2) is 39.3 Å². The third-order valence-corrected chi connectivity index (χ3v) is 4.37. The van der Waals surface area contributed by atoms with Gasteiger partial charge in [-0.25, -0.2) is 4.98 Å². The minimum atomic E-state index is -0.00581. The fourth-order valence-electron chi connectivity index (χ4n) is 3.01. The number of anilines is 1. The average Bonchev–Trinajstić information content (AvgIpc) is 3.04. The zero-order chi connectivity index (χ0) is 16.9. The van der Waals surface area contributed by atoms with Crippen LogP contribution in [0, 0.1) is 0 Å². The van der Waals surface area contributed by atoms with Gasteiger partial charge < -0.3 is 14.8 Å². The Bertz CT molecular complexity index is 666. The molecule has 3 rings (SSSR count). The van der Waals surface area contributed by atoms with Crippen LogP contribution in [0.5, 0.6) is 6.01 Å². The first-order valence-corrected chi connectivity index (χ1v) is 8.93. The summed E-state index contributed by atoms with van der Waals surface area (Å²) in [7, 11) is 1.84. The number of rotatable bonds is 7. The van der Waals surface area contributed by atoms with Gasteiger partial charge in [-0.3, -0.25) is 4.57 Å². The van der Waals surface area contributed by atoms with Crippen molar-refractivity contribution in [3.63, 3.8) is 0 Å². The molecule has 0 aliphatic carbocycles. The van der Waals surface area contributed by atoms with E-state index in [-0.39, 0.29) is 12.3 Å². The largest absolute Gasteiger partial charge is 0.460 e. The van der Waals surface area contributed by atoms with Crippen LogP contribution in [0.2, 0.25) is 0 Å². The number of imidazole rings is 1. The maximum atomic E-state index is 5.93. The number of unbranched alkanes of at least 4 members (excludes halogenated alkanes) is 1. The van der Waals surface area contributed by atoms with E-state index in [2.05, 4.69) is 34.1 Å². The average molecular weight is 333 g/mol. The fourth-order valence-corrected chi connectivity index (χ4v) is 3.01. The summed E-state index contributed by atoms with van der Waals surface area (Å²) in [5.74, 6) is 0.687. The number of fused-ring (bicyclic) bond motifs is 1. The Balaban J connectivity index is 1.90. The van der Waals surface area contributed by atoms with Crippen molar-refractivity contribution in [1.29, 1.82) is 0 Å². The van der Waals surface area contributed by atoms with E-state index in [4.69, 9.17) is 9.47 Å². The van der Waals surface area contributed by atoms with Gasteiger partial charge in [0, 0.05) is 13.7 Å². The predicted molar refractivity (Wildman–Crippen MR) is 93.3 cm³/mol. The summed E-state index contributed by atoms with van der Waals surface area (Å²) in [4.78, 5) is 13.6. The van der Waals surface area contributed by atoms with Crippen LogP contribution in [0.1, 0.15) is 58.6 Å². The molecule has 0 saturated carbocycles. The number of aromatic nitrogens is 4. The lowest BCUT2D eigenvalue weighted by Crippen LogP contribution is -2.18. The van der Waals surface area contributed by atoms with Crippen molar-refractivity contribution in [3.8, 4) is 6.01 Å². The van der Waals surface area contributed by atoms with Crippen LogP contribution < -0.4 is 10.1 Å². The van der Waals surface area contributed by atoms with E-state index >= 15 is 0 Å². The van der Waals surface area contributed by atoms with E-state index in [0.717, 1.165) is 56.3 Å². The molecule has 132 valence electrons. The Morgan fingerprint density at radius 1 is 1.42 bits per heavy atom. The molecule has 3 heterocycles. The van der Waals surface area contributed by atoms with Crippen LogP contribution >= 0.6 is 0 Å². The molecule has 1 N–H and O–H groups in total. The molecule has 7 nitrogen and oxygen atoms in total. The molecule has 2 atom stereocenters. The highest BCUT2D eigenvalue weighted by Crippen LogP contribution is 2.29. The van der Waals surface area contributed by atoms with Crippen LogP contribution in [0.15, 0.2) is 6.33 Å². The van der Waals surface area contributed by atoms with E-state index < -0.39 is 0 Å². The molecule has 0 radical (unpaired) electrons. The van der Waals surface area contributed by atoms with Crippen LogP contribution in [0.4, 0.5) is 5.82 Å². The first kappa shape index (κ1) is 17.0. The minimum absolute atomic E-state index is 0.00581. The van der Waals surface area contributed by atoms with Crippen molar-refractivity contribution < 1.29 is 9.47 Å². The third-order valence-electron chi connectivity index (χ3n) is 4.37. The second kappa shape index (κ2) is 7.79. The van der Waals surface area contributed by atoms with Gasteiger partial charge in [0.25, 0.3) is 0 Å². The first-order chi connectivity index (χ1) is 11.7. The van der Waals surface area contributed by atoms with Gasteiger partial charge in [-0.15, -0.1) is 0 Å². The smallest absolute Gasteiger partial charge is 0.320 e. The number of hydrogen-bond donors (Lipinski definition) is 1. The van der Waals surface area contributed by atoms with Crippen LogP contribution in [0.25, 0.3) is 11.2 Å². The topological polar surface area (TPSA) is 74.1 Å². The van der Waals surface area contributed by atoms with Crippen molar-refractivity contribution in [1.82, 2.24) is 19.5 Å². The van der Waals surface area contributed by atoms with Gasteiger partial charge in [0.1, 0.15) is 6.23 Å². The summed E-state index contributed by atoms with van der Waals surface area (Å²) in [5.41, 5.74) is 1.51. The standard InChI is InChI=1S/C17H27N5O2/c1-4-5-8-12(2)24-17-20-15(18-3)14-16(21-17)22(11-19-14)13-9-6-7-10-23-13/h11-13H,4-10H2,1-3H3,(H,18,20,21)/t12-,13?/m0/s1. The zero-order valence-corrected chi connectivity index (χ0v) is 14.8. The number of nitrogens with one attached hydrogen (secondary N) is 1. The number of hydrogen-bond acceptors (Lipinski definition) is 6. The molecule has 0 amide bonds. The molecule has 1 saturated heterocycles. The Morgan fingerprint density at radius 3 is 3.00 bits per heavy atom. The summed E-state index contributed by atoms with van der Waals surface area (Å²) >= 11 is 0. The van der Waals surface area contributed by atoms with Crippen LogP contribution in [0.3, 0.4) is 0 Å². The van der Waals surface area contributed by atoms with Gasteiger partial charge in [-0.2, -0.15) is 9.97 Å². The molecule has 2 aromatic heterocycles. The highest BCUT2D eigenvalue weighted by Gasteiger charge is 2.21. The maximum absolute atomic E-state index is 5.93. The SMILES string of the molecule is CCCC[C@H](C)Oc1nc(NC)c2ncn(C3CCCCO3)c2n1. The van der Waals surface area contributed by atoms with Crippen molar-refractivity contribution in [2.24, 2.45) is 0 Å². The van der Waals surface area contributed by atoms with Crippen molar-refractivity contribution in [2.45, 2.75) is 64.7 Å². The summed E-state index contributed by atoms with van der Waals surface area (Å²) in [5, 5.41) is 3.10. The second-order valence-electron chi connectivity index (χ2n) is 6.32. The van der Waals surface area contributed by atoms with Crippen LogP contribution in [-0.2, 0) is 4.74 Å². The molecule has 1 aliphatic rings. The molecule has 1 fully saturated rings. The molecule has 24 heavy (non-hydrogen) atoms. The van der Waals surface area contributed by atoms with Gasteiger partial charge in [0.2, 0.25) is 0 Å². The Kier molecular flexibility index (Phi) is 5.50. The summed E-state index contributed by atoms with van der Waals surface area (Å²) < 4.78 is 13.8. The minimum Gasteiger partial charge on any atom is -0.460 e. The summed E-state index contributed by atoms with van der Waals surface area (Å²) in [6.45, 7) is 5.02. The van der Waals surface area contributed by atoms with Crippen molar-refractivity contribution in [3.05, 3.63) is 6.33 Å². The fraction of sp³-hybridized carbons (Fsp3) is 0.706. The Hall–Kier alpha value is -1.89. The molecule has 1 unspecified atom stereocenters. The molecular formula is C17H27N5O2. The molecule has 0 bridgehead atoms. The molecular weight excluding hydrogens is 306 g/mol. The van der Waals surface area contributed by atoms with Gasteiger partial charge in [-0.1, -0.05) is 19.8 Å². The molecule has 0 spiro atoms. The lowest BCUT2D eigenvalue weighted by Gasteiger charge is -2.24. The zero-order valence-electron chi connectivity index (χ0n) is 14.8. The van der Waals surface area contributed by atoms with E-state index in [0.29, 0.717) is 11.8 Å². The number of nitrogens with zero attached hydrogens (tertiary/aromatic N) is 4. The number of ether oxygens (including phenoxy) is 2.